The summed E-state index contributed by atoms with van der Waals surface area (Å²) in [7, 11) is 0. The SMILES string of the molecule is CCn1nc(C(=O)O)c2c1CCC(NCc1ccccc1-n1cccn1)C2. The van der Waals surface area contributed by atoms with E-state index in [0.717, 1.165) is 35.3 Å². The molecule has 1 atom stereocenters. The van der Waals surface area contributed by atoms with E-state index in [4.69, 9.17) is 0 Å². The van der Waals surface area contributed by atoms with Gasteiger partial charge in [0.2, 0.25) is 0 Å². The summed E-state index contributed by atoms with van der Waals surface area (Å²) in [5.41, 5.74) is 4.37. The third-order valence-electron chi connectivity index (χ3n) is 5.17. The molecule has 0 amide bonds. The standard InChI is InChI=1S/C20H23N5O2/c1-2-24-18-9-8-15(12-16(18)19(23-24)20(26)27)21-13-14-6-3-4-7-17(14)25-11-5-10-22-25/h3-7,10-11,15,21H,2,8-9,12-13H2,1H3,(H,26,27). The Kier molecular flexibility index (Phi) is 4.77. The lowest BCUT2D eigenvalue weighted by Gasteiger charge is -2.25. The Balaban J connectivity index is 1.51. The number of hydrogen-bond donors (Lipinski definition) is 2. The van der Waals surface area contributed by atoms with Crippen molar-refractivity contribution in [2.45, 2.75) is 45.3 Å². The number of carboxylic acids is 1. The van der Waals surface area contributed by atoms with E-state index in [1.807, 2.05) is 40.7 Å². The molecule has 7 heteroatoms. The summed E-state index contributed by atoms with van der Waals surface area (Å²) in [6.45, 7) is 3.40. The normalized spacial score (nSPS) is 16.3. The molecule has 1 unspecified atom stereocenters. The van der Waals surface area contributed by atoms with Crippen molar-refractivity contribution in [2.75, 3.05) is 0 Å². The second kappa shape index (κ2) is 7.36. The number of aromatic nitrogens is 4. The maximum atomic E-state index is 11.6. The molecule has 0 radical (unpaired) electrons. The van der Waals surface area contributed by atoms with Crippen LogP contribution in [-0.4, -0.2) is 36.7 Å². The third kappa shape index (κ3) is 3.38. The van der Waals surface area contributed by atoms with E-state index in [0.29, 0.717) is 19.5 Å². The highest BCUT2D eigenvalue weighted by Gasteiger charge is 2.28. The summed E-state index contributed by atoms with van der Waals surface area (Å²) < 4.78 is 3.70. The van der Waals surface area contributed by atoms with Crippen LogP contribution in [0, 0.1) is 0 Å². The van der Waals surface area contributed by atoms with Crippen LogP contribution in [0.2, 0.25) is 0 Å². The Morgan fingerprint density at radius 2 is 2.19 bits per heavy atom. The number of benzene rings is 1. The van der Waals surface area contributed by atoms with Crippen molar-refractivity contribution < 1.29 is 9.90 Å². The highest BCUT2D eigenvalue weighted by molar-refractivity contribution is 5.87. The molecule has 27 heavy (non-hydrogen) atoms. The van der Waals surface area contributed by atoms with Crippen LogP contribution >= 0.6 is 0 Å². The van der Waals surface area contributed by atoms with Gasteiger partial charge in [-0.05, 0) is 43.9 Å². The van der Waals surface area contributed by atoms with Crippen LogP contribution in [-0.2, 0) is 25.9 Å². The number of carboxylic acid groups (broad SMARTS) is 1. The number of fused-ring (bicyclic) bond motifs is 1. The van der Waals surface area contributed by atoms with Crippen molar-refractivity contribution in [1.29, 1.82) is 0 Å². The number of rotatable bonds is 6. The molecule has 1 aliphatic carbocycles. The van der Waals surface area contributed by atoms with Gasteiger partial charge in [0.1, 0.15) is 0 Å². The van der Waals surface area contributed by atoms with Crippen molar-refractivity contribution in [2.24, 2.45) is 0 Å². The Morgan fingerprint density at radius 1 is 1.33 bits per heavy atom. The Morgan fingerprint density at radius 3 is 2.93 bits per heavy atom. The molecule has 4 rings (SSSR count). The first-order valence-electron chi connectivity index (χ1n) is 9.30. The van der Waals surface area contributed by atoms with Gasteiger partial charge in [-0.15, -0.1) is 0 Å². The molecule has 1 aliphatic rings. The number of nitrogens with zero attached hydrogens (tertiary/aromatic N) is 4. The number of aryl methyl sites for hydroxylation is 1. The van der Waals surface area contributed by atoms with Gasteiger partial charge in [0.05, 0.1) is 5.69 Å². The van der Waals surface area contributed by atoms with E-state index >= 15 is 0 Å². The lowest BCUT2D eigenvalue weighted by Crippen LogP contribution is -2.35. The van der Waals surface area contributed by atoms with E-state index in [-0.39, 0.29) is 11.7 Å². The number of hydrogen-bond acceptors (Lipinski definition) is 4. The molecule has 3 aromatic rings. The van der Waals surface area contributed by atoms with Gasteiger partial charge in [-0.3, -0.25) is 4.68 Å². The molecule has 2 heterocycles. The van der Waals surface area contributed by atoms with Gasteiger partial charge < -0.3 is 10.4 Å². The van der Waals surface area contributed by atoms with Gasteiger partial charge in [0, 0.05) is 42.8 Å². The average molecular weight is 365 g/mol. The topological polar surface area (TPSA) is 85.0 Å². The van der Waals surface area contributed by atoms with Crippen LogP contribution in [0.15, 0.2) is 42.7 Å². The van der Waals surface area contributed by atoms with Gasteiger partial charge in [-0.25, -0.2) is 9.48 Å². The van der Waals surface area contributed by atoms with Crippen LogP contribution < -0.4 is 5.32 Å². The molecule has 1 aromatic carbocycles. The van der Waals surface area contributed by atoms with Crippen LogP contribution in [0.5, 0.6) is 0 Å². The van der Waals surface area contributed by atoms with E-state index in [2.05, 4.69) is 27.6 Å². The van der Waals surface area contributed by atoms with Crippen LogP contribution in [0.25, 0.3) is 5.69 Å². The van der Waals surface area contributed by atoms with Crippen molar-refractivity contribution in [1.82, 2.24) is 24.9 Å². The second-order valence-electron chi connectivity index (χ2n) is 6.79. The minimum atomic E-state index is -0.942. The minimum Gasteiger partial charge on any atom is -0.476 e. The molecule has 7 nitrogen and oxygen atoms in total. The molecular weight excluding hydrogens is 342 g/mol. The summed E-state index contributed by atoms with van der Waals surface area (Å²) in [4.78, 5) is 11.6. The van der Waals surface area contributed by atoms with E-state index in [9.17, 15) is 9.90 Å². The highest BCUT2D eigenvalue weighted by Crippen LogP contribution is 2.25. The number of nitrogens with one attached hydrogen (secondary N) is 1. The van der Waals surface area contributed by atoms with Gasteiger partial charge in [-0.1, -0.05) is 18.2 Å². The van der Waals surface area contributed by atoms with Gasteiger partial charge in [0.15, 0.2) is 5.69 Å². The van der Waals surface area contributed by atoms with Crippen molar-refractivity contribution in [3.05, 3.63) is 65.2 Å². The first-order valence-corrected chi connectivity index (χ1v) is 9.30. The van der Waals surface area contributed by atoms with Gasteiger partial charge in [0.25, 0.3) is 0 Å². The minimum absolute atomic E-state index is 0.204. The molecule has 0 fully saturated rings. The zero-order valence-corrected chi connectivity index (χ0v) is 15.3. The zero-order chi connectivity index (χ0) is 18.8. The monoisotopic (exact) mass is 365 g/mol. The maximum Gasteiger partial charge on any atom is 0.356 e. The maximum absolute atomic E-state index is 11.6. The van der Waals surface area contributed by atoms with Crippen LogP contribution in [0.1, 0.15) is 40.7 Å². The number of carbonyl (C=O) groups is 1. The Bertz CT molecular complexity index is 945. The second-order valence-corrected chi connectivity index (χ2v) is 6.79. The summed E-state index contributed by atoms with van der Waals surface area (Å²) in [5, 5.41) is 21.7. The van der Waals surface area contributed by atoms with Gasteiger partial charge >= 0.3 is 5.97 Å². The largest absolute Gasteiger partial charge is 0.476 e. The summed E-state index contributed by atoms with van der Waals surface area (Å²) >= 11 is 0. The fraction of sp³-hybridized carbons (Fsp3) is 0.350. The average Bonchev–Trinajstić information content (AvgIpc) is 3.34. The Labute approximate surface area is 157 Å². The Hall–Kier alpha value is -2.93. The molecular formula is C20H23N5O2. The first-order chi connectivity index (χ1) is 13.2. The fourth-order valence-corrected chi connectivity index (χ4v) is 3.84. The van der Waals surface area contributed by atoms with Crippen molar-refractivity contribution in [3.63, 3.8) is 0 Å². The number of para-hydroxylation sites is 1. The molecule has 0 bridgehead atoms. The molecule has 140 valence electrons. The first kappa shape index (κ1) is 17.5. The molecule has 2 aromatic heterocycles. The van der Waals surface area contributed by atoms with Crippen molar-refractivity contribution >= 4 is 5.97 Å². The van der Waals surface area contributed by atoms with Gasteiger partial charge in [-0.2, -0.15) is 10.2 Å². The zero-order valence-electron chi connectivity index (χ0n) is 15.3. The summed E-state index contributed by atoms with van der Waals surface area (Å²) in [5.74, 6) is -0.942. The van der Waals surface area contributed by atoms with E-state index < -0.39 is 5.97 Å². The van der Waals surface area contributed by atoms with E-state index in [1.165, 1.54) is 0 Å². The van der Waals surface area contributed by atoms with E-state index in [1.54, 1.807) is 6.20 Å². The predicted octanol–water partition coefficient (Wildman–Crippen LogP) is 2.43. The third-order valence-corrected chi connectivity index (χ3v) is 5.17. The summed E-state index contributed by atoms with van der Waals surface area (Å²) in [6, 6.07) is 10.3. The number of aromatic carboxylic acids is 1. The predicted molar refractivity (Wildman–Crippen MR) is 101 cm³/mol. The van der Waals surface area contributed by atoms with Crippen LogP contribution in [0.3, 0.4) is 0 Å². The molecule has 0 saturated heterocycles. The highest BCUT2D eigenvalue weighted by atomic mass is 16.4. The van der Waals surface area contributed by atoms with Crippen LogP contribution in [0.4, 0.5) is 0 Å². The van der Waals surface area contributed by atoms with Crippen molar-refractivity contribution in [3.8, 4) is 5.69 Å². The molecule has 0 aliphatic heterocycles. The summed E-state index contributed by atoms with van der Waals surface area (Å²) in [6.07, 6.45) is 6.22. The smallest absolute Gasteiger partial charge is 0.356 e. The molecule has 2 N–H and O–H groups in total. The quantitative estimate of drug-likeness (QED) is 0.701. The lowest BCUT2D eigenvalue weighted by molar-refractivity contribution is 0.0688. The molecule has 0 saturated carbocycles. The fourth-order valence-electron chi connectivity index (χ4n) is 3.84. The lowest BCUT2D eigenvalue weighted by atomic mass is 9.91. The molecule has 0 spiro atoms.